The lowest BCUT2D eigenvalue weighted by molar-refractivity contribution is 1.40. The van der Waals surface area contributed by atoms with E-state index in [9.17, 15) is 0 Å². The number of benzene rings is 2. The van der Waals surface area contributed by atoms with Crippen LogP contribution < -0.4 is 0 Å². The van der Waals surface area contributed by atoms with Crippen LogP contribution >= 0.6 is 38.9 Å². The van der Waals surface area contributed by atoms with Crippen LogP contribution in [0.3, 0.4) is 0 Å². The number of halogens is 2. The monoisotopic (exact) mass is 349 g/mol. The number of hydrogen-bond acceptors (Lipinski definition) is 2. The Kier molecular flexibility index (Phi) is 3.69. The third kappa shape index (κ3) is 2.73. The quantitative estimate of drug-likeness (QED) is 0.561. The van der Waals surface area contributed by atoms with Gasteiger partial charge in [0.15, 0.2) is 0 Å². The second kappa shape index (κ2) is 5.45. The zero-order valence-corrected chi connectivity index (χ0v) is 13.0. The number of nitrogens with zero attached hydrogens (tertiary/aromatic N) is 1. The van der Waals surface area contributed by atoms with E-state index in [1.807, 2.05) is 36.4 Å². The molecule has 19 heavy (non-hydrogen) atoms. The zero-order valence-electron chi connectivity index (χ0n) is 9.81. The average Bonchev–Trinajstić information content (AvgIpc) is 2.93. The number of thiazole rings is 1. The van der Waals surface area contributed by atoms with Gasteiger partial charge in [0.2, 0.25) is 0 Å². The van der Waals surface area contributed by atoms with Crippen molar-refractivity contribution in [3.05, 3.63) is 63.4 Å². The SMILES string of the molecule is Clc1ccc(-c2nc(-c3ccccc3)cs2)cc1Br. The normalized spacial score (nSPS) is 10.6. The molecule has 94 valence electrons. The summed E-state index contributed by atoms with van der Waals surface area (Å²) in [6.45, 7) is 0. The van der Waals surface area contributed by atoms with Crippen LogP contribution in [0.5, 0.6) is 0 Å². The van der Waals surface area contributed by atoms with Crippen molar-refractivity contribution in [2.75, 3.05) is 0 Å². The van der Waals surface area contributed by atoms with Crippen LogP contribution in [0.1, 0.15) is 0 Å². The summed E-state index contributed by atoms with van der Waals surface area (Å²) < 4.78 is 0.892. The minimum Gasteiger partial charge on any atom is -0.236 e. The van der Waals surface area contributed by atoms with Crippen molar-refractivity contribution in [3.8, 4) is 21.8 Å². The molecule has 0 aliphatic heterocycles. The smallest absolute Gasteiger partial charge is 0.124 e. The van der Waals surface area contributed by atoms with Gasteiger partial charge >= 0.3 is 0 Å². The first kappa shape index (κ1) is 12.9. The fourth-order valence-corrected chi connectivity index (χ4v) is 3.10. The third-order valence-electron chi connectivity index (χ3n) is 2.74. The molecule has 2 aromatic carbocycles. The molecule has 3 aromatic rings. The van der Waals surface area contributed by atoms with Gasteiger partial charge in [0.25, 0.3) is 0 Å². The molecule has 0 spiro atoms. The van der Waals surface area contributed by atoms with Crippen LogP contribution in [0.15, 0.2) is 58.4 Å². The van der Waals surface area contributed by atoms with E-state index in [0.29, 0.717) is 5.02 Å². The van der Waals surface area contributed by atoms with E-state index in [0.717, 1.165) is 26.3 Å². The summed E-state index contributed by atoms with van der Waals surface area (Å²) in [6.07, 6.45) is 0. The van der Waals surface area contributed by atoms with Gasteiger partial charge in [-0.3, -0.25) is 0 Å². The van der Waals surface area contributed by atoms with Crippen molar-refractivity contribution in [2.45, 2.75) is 0 Å². The molecule has 0 saturated carbocycles. The van der Waals surface area contributed by atoms with Crippen molar-refractivity contribution in [3.63, 3.8) is 0 Å². The predicted octanol–water partition coefficient (Wildman–Crippen LogP) is 5.89. The summed E-state index contributed by atoms with van der Waals surface area (Å²) in [5.74, 6) is 0. The lowest BCUT2D eigenvalue weighted by Crippen LogP contribution is -1.80. The molecule has 0 N–H and O–H groups in total. The van der Waals surface area contributed by atoms with Crippen LogP contribution in [0.2, 0.25) is 5.02 Å². The van der Waals surface area contributed by atoms with Gasteiger partial charge in [-0.1, -0.05) is 48.0 Å². The first-order valence-electron chi connectivity index (χ1n) is 5.70. The van der Waals surface area contributed by atoms with Crippen LogP contribution in [-0.2, 0) is 0 Å². The van der Waals surface area contributed by atoms with Crippen LogP contribution in [0.25, 0.3) is 21.8 Å². The van der Waals surface area contributed by atoms with Crippen LogP contribution in [-0.4, -0.2) is 4.98 Å². The lowest BCUT2D eigenvalue weighted by atomic mass is 10.2. The summed E-state index contributed by atoms with van der Waals surface area (Å²) in [6, 6.07) is 16.0. The highest BCUT2D eigenvalue weighted by molar-refractivity contribution is 9.10. The van der Waals surface area contributed by atoms with E-state index in [1.165, 1.54) is 0 Å². The molecule has 0 radical (unpaired) electrons. The molecule has 0 unspecified atom stereocenters. The van der Waals surface area contributed by atoms with E-state index >= 15 is 0 Å². The van der Waals surface area contributed by atoms with Gasteiger partial charge in [0.1, 0.15) is 5.01 Å². The maximum Gasteiger partial charge on any atom is 0.124 e. The Morgan fingerprint density at radius 2 is 1.79 bits per heavy atom. The highest BCUT2D eigenvalue weighted by Gasteiger charge is 2.07. The summed E-state index contributed by atoms with van der Waals surface area (Å²) >= 11 is 11.1. The van der Waals surface area contributed by atoms with E-state index < -0.39 is 0 Å². The van der Waals surface area contributed by atoms with Crippen molar-refractivity contribution in [1.29, 1.82) is 0 Å². The highest BCUT2D eigenvalue weighted by Crippen LogP contribution is 2.32. The van der Waals surface area contributed by atoms with Crippen molar-refractivity contribution in [2.24, 2.45) is 0 Å². The van der Waals surface area contributed by atoms with E-state index in [4.69, 9.17) is 11.6 Å². The third-order valence-corrected chi connectivity index (χ3v) is 4.85. The first-order chi connectivity index (χ1) is 9.24. The minimum absolute atomic E-state index is 0.712. The Bertz CT molecular complexity index is 709. The fraction of sp³-hybridized carbons (Fsp3) is 0. The maximum atomic E-state index is 6.01. The van der Waals surface area contributed by atoms with Gasteiger partial charge < -0.3 is 0 Å². The average molecular weight is 351 g/mol. The summed E-state index contributed by atoms with van der Waals surface area (Å²) in [5.41, 5.74) is 3.22. The predicted molar refractivity (Wildman–Crippen MR) is 85.7 cm³/mol. The van der Waals surface area contributed by atoms with Gasteiger partial charge in [-0.2, -0.15) is 0 Å². The number of aromatic nitrogens is 1. The second-order valence-electron chi connectivity index (χ2n) is 4.03. The van der Waals surface area contributed by atoms with Gasteiger partial charge in [-0.15, -0.1) is 11.3 Å². The molecule has 0 saturated heterocycles. The van der Waals surface area contributed by atoms with Crippen molar-refractivity contribution in [1.82, 2.24) is 4.98 Å². The summed E-state index contributed by atoms with van der Waals surface area (Å²) in [4.78, 5) is 4.68. The Labute approximate surface area is 129 Å². The molecule has 1 nitrogen and oxygen atoms in total. The maximum absolute atomic E-state index is 6.01. The molecule has 1 heterocycles. The second-order valence-corrected chi connectivity index (χ2v) is 6.15. The van der Waals surface area contributed by atoms with E-state index in [-0.39, 0.29) is 0 Å². The largest absolute Gasteiger partial charge is 0.236 e. The molecule has 0 fully saturated rings. The number of rotatable bonds is 2. The Morgan fingerprint density at radius 1 is 1.00 bits per heavy atom. The van der Waals surface area contributed by atoms with Gasteiger partial charge in [-0.25, -0.2) is 4.98 Å². The fourth-order valence-electron chi connectivity index (χ4n) is 1.78. The van der Waals surface area contributed by atoms with Gasteiger partial charge in [0, 0.05) is 21.0 Å². The molecular formula is C15H9BrClNS. The molecular weight excluding hydrogens is 342 g/mol. The highest BCUT2D eigenvalue weighted by atomic mass is 79.9. The Morgan fingerprint density at radius 3 is 2.53 bits per heavy atom. The van der Waals surface area contributed by atoms with E-state index in [1.54, 1.807) is 11.3 Å². The Balaban J connectivity index is 1.99. The van der Waals surface area contributed by atoms with Gasteiger partial charge in [-0.05, 0) is 28.1 Å². The summed E-state index contributed by atoms with van der Waals surface area (Å²) in [7, 11) is 0. The van der Waals surface area contributed by atoms with E-state index in [2.05, 4.69) is 38.4 Å². The standard InChI is InChI=1S/C15H9BrClNS/c16-12-8-11(6-7-13(12)17)15-18-14(9-19-15)10-4-2-1-3-5-10/h1-9H. The molecule has 0 aliphatic rings. The molecule has 0 amide bonds. The molecule has 0 atom stereocenters. The van der Waals surface area contributed by atoms with Gasteiger partial charge in [0.05, 0.1) is 10.7 Å². The lowest BCUT2D eigenvalue weighted by Gasteiger charge is -1.99. The van der Waals surface area contributed by atoms with Crippen molar-refractivity contribution < 1.29 is 0 Å². The molecule has 1 aromatic heterocycles. The van der Waals surface area contributed by atoms with Crippen LogP contribution in [0.4, 0.5) is 0 Å². The topological polar surface area (TPSA) is 12.9 Å². The Hall–Kier alpha value is -1.16. The van der Waals surface area contributed by atoms with Crippen molar-refractivity contribution >= 4 is 38.9 Å². The van der Waals surface area contributed by atoms with Crippen LogP contribution in [0, 0.1) is 0 Å². The molecule has 0 aliphatic carbocycles. The minimum atomic E-state index is 0.712. The number of hydrogen-bond donors (Lipinski definition) is 0. The zero-order chi connectivity index (χ0) is 13.2. The summed E-state index contributed by atoms with van der Waals surface area (Å²) in [5, 5.41) is 3.78. The molecule has 4 heteroatoms. The molecule has 3 rings (SSSR count). The first-order valence-corrected chi connectivity index (χ1v) is 7.75. The molecule has 0 bridgehead atoms.